The maximum absolute atomic E-state index is 11.0. The number of thiazole rings is 1. The van der Waals surface area contributed by atoms with Gasteiger partial charge in [-0.15, -0.1) is 36.2 Å². The normalized spacial score (nSPS) is 10.5. The number of nitrogen functional groups attached to an aromatic ring is 1. The third kappa shape index (κ3) is 5.06. The second-order valence-electron chi connectivity index (χ2n) is 2.46. The molecular formula is C7H13Cl2N3O2S. The summed E-state index contributed by atoms with van der Waals surface area (Å²) < 4.78 is 4.53. The molecule has 0 bridgehead atoms. The first kappa shape index (κ1) is 16.7. The van der Waals surface area contributed by atoms with Crippen LogP contribution in [0.15, 0.2) is 5.38 Å². The number of nitrogens with one attached hydrogen (secondary N) is 1. The molecule has 0 aliphatic heterocycles. The smallest absolute Gasteiger partial charge is 0.328 e. The van der Waals surface area contributed by atoms with Crippen molar-refractivity contribution in [3.05, 3.63) is 5.38 Å². The van der Waals surface area contributed by atoms with Gasteiger partial charge in [-0.2, -0.15) is 0 Å². The molecule has 0 aliphatic carbocycles. The second-order valence-corrected chi connectivity index (χ2v) is 3.35. The number of anilines is 2. The molecule has 0 radical (unpaired) electrons. The Bertz CT molecular complexity index is 308. The van der Waals surface area contributed by atoms with Crippen molar-refractivity contribution in [1.82, 2.24) is 4.98 Å². The van der Waals surface area contributed by atoms with Gasteiger partial charge in [0.25, 0.3) is 0 Å². The number of nitrogens with two attached hydrogens (primary N) is 1. The summed E-state index contributed by atoms with van der Waals surface area (Å²) in [5.74, 6) is 0.270. The monoisotopic (exact) mass is 273 g/mol. The molecule has 1 aromatic rings. The second kappa shape index (κ2) is 7.56. The van der Waals surface area contributed by atoms with Gasteiger partial charge in [0.2, 0.25) is 0 Å². The Hall–Kier alpha value is -0.720. The summed E-state index contributed by atoms with van der Waals surface area (Å²) in [6, 6.07) is -0.411. The van der Waals surface area contributed by atoms with Gasteiger partial charge in [-0.1, -0.05) is 0 Å². The number of hydrogen-bond acceptors (Lipinski definition) is 6. The number of aromatic nitrogens is 1. The molecule has 0 spiro atoms. The van der Waals surface area contributed by atoms with Crippen molar-refractivity contribution < 1.29 is 9.53 Å². The van der Waals surface area contributed by atoms with Crippen molar-refractivity contribution in [3.63, 3.8) is 0 Å². The molecule has 0 saturated carbocycles. The molecule has 1 atom stereocenters. The minimum atomic E-state index is -0.411. The Balaban J connectivity index is 0. The molecule has 0 amide bonds. The predicted molar refractivity (Wildman–Crippen MR) is 66.1 cm³/mol. The molecule has 0 aromatic carbocycles. The van der Waals surface area contributed by atoms with Crippen molar-refractivity contribution in [1.29, 1.82) is 0 Å². The van der Waals surface area contributed by atoms with Crippen LogP contribution < -0.4 is 11.1 Å². The van der Waals surface area contributed by atoms with Crippen molar-refractivity contribution >= 4 is 53.1 Å². The molecule has 1 aromatic heterocycles. The lowest BCUT2D eigenvalue weighted by atomic mass is 10.3. The number of rotatable bonds is 3. The van der Waals surface area contributed by atoms with Crippen LogP contribution in [0, 0.1) is 0 Å². The Labute approximate surface area is 104 Å². The minimum Gasteiger partial charge on any atom is -0.467 e. The van der Waals surface area contributed by atoms with Crippen LogP contribution in [0.4, 0.5) is 10.9 Å². The fourth-order valence-electron chi connectivity index (χ4n) is 0.811. The minimum absolute atomic E-state index is 0. The van der Waals surface area contributed by atoms with Crippen molar-refractivity contribution in [2.75, 3.05) is 18.2 Å². The zero-order valence-corrected chi connectivity index (χ0v) is 10.7. The summed E-state index contributed by atoms with van der Waals surface area (Å²) in [6.07, 6.45) is 0. The van der Waals surface area contributed by atoms with E-state index >= 15 is 0 Å². The third-order valence-corrected chi connectivity index (χ3v) is 2.11. The van der Waals surface area contributed by atoms with E-state index in [-0.39, 0.29) is 30.8 Å². The number of halogens is 2. The zero-order chi connectivity index (χ0) is 9.84. The van der Waals surface area contributed by atoms with E-state index in [1.807, 2.05) is 0 Å². The van der Waals surface area contributed by atoms with E-state index in [0.29, 0.717) is 10.9 Å². The van der Waals surface area contributed by atoms with Crippen LogP contribution >= 0.6 is 36.2 Å². The number of carbonyl (C=O) groups is 1. The molecule has 88 valence electrons. The van der Waals surface area contributed by atoms with Gasteiger partial charge < -0.3 is 15.8 Å². The van der Waals surface area contributed by atoms with Crippen molar-refractivity contribution in [2.24, 2.45) is 0 Å². The molecular weight excluding hydrogens is 261 g/mol. The Morgan fingerprint density at radius 3 is 2.67 bits per heavy atom. The fourth-order valence-corrected chi connectivity index (χ4v) is 1.32. The first-order valence-corrected chi connectivity index (χ1v) is 4.57. The molecule has 15 heavy (non-hydrogen) atoms. The third-order valence-electron chi connectivity index (χ3n) is 1.44. The van der Waals surface area contributed by atoms with Gasteiger partial charge in [0.05, 0.1) is 7.11 Å². The van der Waals surface area contributed by atoms with E-state index in [9.17, 15) is 4.79 Å². The molecule has 1 heterocycles. The molecule has 3 N–H and O–H groups in total. The molecule has 0 aliphatic rings. The summed E-state index contributed by atoms with van der Waals surface area (Å²) in [5.41, 5.74) is 5.41. The lowest BCUT2D eigenvalue weighted by Gasteiger charge is -2.09. The van der Waals surface area contributed by atoms with Gasteiger partial charge in [0.15, 0.2) is 5.13 Å². The van der Waals surface area contributed by atoms with Crippen LogP contribution in [0.3, 0.4) is 0 Å². The highest BCUT2D eigenvalue weighted by molar-refractivity contribution is 7.13. The molecule has 8 heteroatoms. The van der Waals surface area contributed by atoms with Gasteiger partial charge in [-0.25, -0.2) is 9.78 Å². The van der Waals surface area contributed by atoms with E-state index in [0.717, 1.165) is 0 Å². The Morgan fingerprint density at radius 2 is 2.27 bits per heavy atom. The van der Waals surface area contributed by atoms with E-state index in [4.69, 9.17) is 5.73 Å². The van der Waals surface area contributed by atoms with Crippen LogP contribution in [0.1, 0.15) is 6.92 Å². The van der Waals surface area contributed by atoms with E-state index in [2.05, 4.69) is 15.0 Å². The fraction of sp³-hybridized carbons (Fsp3) is 0.429. The number of hydrogen-bond donors (Lipinski definition) is 2. The lowest BCUT2D eigenvalue weighted by Crippen LogP contribution is -2.27. The highest BCUT2D eigenvalue weighted by Gasteiger charge is 2.13. The average Bonchev–Trinajstić information content (AvgIpc) is 2.49. The van der Waals surface area contributed by atoms with Gasteiger partial charge in [-0.3, -0.25) is 0 Å². The lowest BCUT2D eigenvalue weighted by molar-refractivity contribution is -0.141. The number of methoxy groups -OCH3 is 1. The van der Waals surface area contributed by atoms with Gasteiger partial charge in [0, 0.05) is 5.38 Å². The predicted octanol–water partition coefficient (Wildman–Crippen LogP) is 1.54. The highest BCUT2D eigenvalue weighted by atomic mass is 35.5. The maximum atomic E-state index is 11.0. The van der Waals surface area contributed by atoms with Gasteiger partial charge in [0.1, 0.15) is 11.9 Å². The first-order chi connectivity index (χ1) is 6.13. The Morgan fingerprint density at radius 1 is 1.67 bits per heavy atom. The largest absolute Gasteiger partial charge is 0.467 e. The summed E-state index contributed by atoms with van der Waals surface area (Å²) in [4.78, 5) is 14.9. The van der Waals surface area contributed by atoms with Crippen LogP contribution in [0.2, 0.25) is 0 Å². The number of carbonyl (C=O) groups excluding carboxylic acids is 1. The SMILES string of the molecule is COC(=O)[C@H](C)Nc1csc(N)n1.Cl.Cl. The van der Waals surface area contributed by atoms with Crippen LogP contribution in [-0.2, 0) is 9.53 Å². The standard InChI is InChI=1S/C7H11N3O2S.2ClH/c1-4(6(11)12-2)9-5-3-13-7(8)10-5;;/h3-4,9H,1-2H3,(H2,8,10);2*1H/t4-;;/m0../s1. The highest BCUT2D eigenvalue weighted by Crippen LogP contribution is 2.16. The van der Waals surface area contributed by atoms with Gasteiger partial charge >= 0.3 is 5.97 Å². The van der Waals surface area contributed by atoms with E-state index in [1.165, 1.54) is 18.4 Å². The quantitative estimate of drug-likeness (QED) is 0.817. The summed E-state index contributed by atoms with van der Waals surface area (Å²) in [7, 11) is 1.34. The van der Waals surface area contributed by atoms with Crippen LogP contribution in [-0.4, -0.2) is 24.1 Å². The molecule has 1 rings (SSSR count). The van der Waals surface area contributed by atoms with Crippen LogP contribution in [0.5, 0.6) is 0 Å². The van der Waals surface area contributed by atoms with Crippen molar-refractivity contribution in [2.45, 2.75) is 13.0 Å². The molecule has 0 fully saturated rings. The molecule has 5 nitrogen and oxygen atoms in total. The summed E-state index contributed by atoms with van der Waals surface area (Å²) >= 11 is 1.32. The molecule has 0 saturated heterocycles. The Kier molecular flexibility index (Phi) is 8.41. The van der Waals surface area contributed by atoms with Crippen LogP contribution in [0.25, 0.3) is 0 Å². The topological polar surface area (TPSA) is 77.2 Å². The average molecular weight is 274 g/mol. The van der Waals surface area contributed by atoms with E-state index < -0.39 is 6.04 Å². The maximum Gasteiger partial charge on any atom is 0.328 e. The number of ether oxygens (including phenoxy) is 1. The molecule has 0 unspecified atom stereocenters. The first-order valence-electron chi connectivity index (χ1n) is 3.69. The van der Waals surface area contributed by atoms with Gasteiger partial charge in [-0.05, 0) is 6.92 Å². The number of esters is 1. The number of nitrogens with zero attached hydrogens (tertiary/aromatic N) is 1. The zero-order valence-electron chi connectivity index (χ0n) is 8.22. The van der Waals surface area contributed by atoms with Crippen molar-refractivity contribution in [3.8, 4) is 0 Å². The van der Waals surface area contributed by atoms with E-state index in [1.54, 1.807) is 12.3 Å². The summed E-state index contributed by atoms with van der Waals surface area (Å²) in [6.45, 7) is 1.70. The summed E-state index contributed by atoms with van der Waals surface area (Å²) in [5, 5.41) is 5.07.